The number of hydrogen-bond acceptors (Lipinski definition) is 6. The molecule has 0 bridgehead atoms. The number of aryl methyl sites for hydroxylation is 2. The lowest BCUT2D eigenvalue weighted by molar-refractivity contribution is -0.121. The second-order valence-corrected chi connectivity index (χ2v) is 8.81. The Morgan fingerprint density at radius 1 is 1.21 bits per heavy atom. The summed E-state index contributed by atoms with van der Waals surface area (Å²) in [6, 6.07) is 12.7. The predicted octanol–water partition coefficient (Wildman–Crippen LogP) is 2.70. The summed E-state index contributed by atoms with van der Waals surface area (Å²) in [4.78, 5) is 16.9. The van der Waals surface area contributed by atoms with E-state index in [-0.39, 0.29) is 5.91 Å². The minimum Gasteiger partial charge on any atom is -0.351 e. The Labute approximate surface area is 174 Å². The molecule has 8 heteroatoms. The molecule has 1 aliphatic heterocycles. The smallest absolute Gasteiger partial charge is 0.220 e. The molecule has 0 atom stereocenters. The Hall–Kier alpha value is -2.58. The standard InChI is InChI=1S/C21H26N6OS/c1-16-8-9-19(29-16)13-22-21(28)7-4-11-27-20(23-24-25-27)15-26-12-10-17-5-2-3-6-18(17)14-26/h2-3,5-6,8-9H,4,7,10-15H2,1H3,(H,22,28). The molecule has 0 saturated carbocycles. The molecule has 1 N–H and O–H groups in total. The zero-order valence-electron chi connectivity index (χ0n) is 16.7. The van der Waals surface area contributed by atoms with Crippen molar-refractivity contribution in [2.24, 2.45) is 0 Å². The van der Waals surface area contributed by atoms with Gasteiger partial charge in [0.15, 0.2) is 5.82 Å². The van der Waals surface area contributed by atoms with E-state index in [2.05, 4.69) is 69.1 Å². The number of tetrazole rings is 1. The van der Waals surface area contributed by atoms with Gasteiger partial charge in [-0.15, -0.1) is 16.4 Å². The molecule has 3 heterocycles. The first-order valence-corrected chi connectivity index (χ1v) is 10.9. The number of aromatic nitrogens is 4. The van der Waals surface area contributed by atoms with Crippen LogP contribution in [0.25, 0.3) is 0 Å². The number of amides is 1. The van der Waals surface area contributed by atoms with E-state index in [1.807, 2.05) is 4.68 Å². The van der Waals surface area contributed by atoms with Gasteiger partial charge in [0, 0.05) is 35.8 Å². The molecular weight excluding hydrogens is 384 g/mol. The van der Waals surface area contributed by atoms with E-state index < -0.39 is 0 Å². The summed E-state index contributed by atoms with van der Waals surface area (Å²) in [5.74, 6) is 0.928. The molecule has 0 radical (unpaired) electrons. The van der Waals surface area contributed by atoms with Gasteiger partial charge in [0.2, 0.25) is 5.91 Å². The number of benzene rings is 1. The van der Waals surface area contributed by atoms with Crippen molar-refractivity contribution < 1.29 is 4.79 Å². The highest BCUT2D eigenvalue weighted by molar-refractivity contribution is 7.11. The van der Waals surface area contributed by atoms with Crippen LogP contribution >= 0.6 is 11.3 Å². The average molecular weight is 411 g/mol. The molecule has 2 aromatic heterocycles. The lowest BCUT2D eigenvalue weighted by Gasteiger charge is -2.28. The number of carbonyl (C=O) groups is 1. The molecule has 1 aliphatic rings. The molecule has 0 saturated heterocycles. The zero-order valence-corrected chi connectivity index (χ0v) is 17.5. The third-order valence-corrected chi connectivity index (χ3v) is 6.21. The molecule has 152 valence electrons. The highest BCUT2D eigenvalue weighted by Crippen LogP contribution is 2.19. The van der Waals surface area contributed by atoms with E-state index in [0.29, 0.717) is 19.5 Å². The SMILES string of the molecule is Cc1ccc(CNC(=O)CCCn2nnnc2CN2CCc3ccccc3C2)s1. The first kappa shape index (κ1) is 19.7. The van der Waals surface area contributed by atoms with Crippen LogP contribution in [0.5, 0.6) is 0 Å². The summed E-state index contributed by atoms with van der Waals surface area (Å²) in [5.41, 5.74) is 2.82. The number of rotatable bonds is 8. The highest BCUT2D eigenvalue weighted by atomic mass is 32.1. The van der Waals surface area contributed by atoms with E-state index in [0.717, 1.165) is 38.3 Å². The largest absolute Gasteiger partial charge is 0.351 e. The topological polar surface area (TPSA) is 75.9 Å². The predicted molar refractivity (Wildman–Crippen MR) is 112 cm³/mol. The Bertz CT molecular complexity index is 965. The van der Waals surface area contributed by atoms with E-state index in [4.69, 9.17) is 0 Å². The van der Waals surface area contributed by atoms with Gasteiger partial charge >= 0.3 is 0 Å². The van der Waals surface area contributed by atoms with Crippen molar-refractivity contribution in [1.29, 1.82) is 0 Å². The lowest BCUT2D eigenvalue weighted by atomic mass is 10.00. The maximum Gasteiger partial charge on any atom is 0.220 e. The molecule has 1 amide bonds. The van der Waals surface area contributed by atoms with Gasteiger partial charge in [0.1, 0.15) is 0 Å². The molecule has 0 spiro atoms. The number of thiophene rings is 1. The molecule has 1 aromatic carbocycles. The van der Waals surface area contributed by atoms with Gasteiger partial charge in [-0.05, 0) is 53.5 Å². The van der Waals surface area contributed by atoms with Gasteiger partial charge in [0.25, 0.3) is 0 Å². The van der Waals surface area contributed by atoms with Crippen molar-refractivity contribution in [2.45, 2.75) is 52.4 Å². The van der Waals surface area contributed by atoms with Crippen LogP contribution < -0.4 is 5.32 Å². The van der Waals surface area contributed by atoms with Crippen LogP contribution in [0.15, 0.2) is 36.4 Å². The van der Waals surface area contributed by atoms with Gasteiger partial charge in [-0.2, -0.15) is 0 Å². The third-order valence-electron chi connectivity index (χ3n) is 5.21. The van der Waals surface area contributed by atoms with Crippen LogP contribution in [0.3, 0.4) is 0 Å². The van der Waals surface area contributed by atoms with Crippen LogP contribution in [-0.4, -0.2) is 37.6 Å². The first-order valence-electron chi connectivity index (χ1n) is 10.0. The molecule has 4 rings (SSSR count). The first-order chi connectivity index (χ1) is 14.2. The quantitative estimate of drug-likeness (QED) is 0.618. The maximum absolute atomic E-state index is 12.1. The van der Waals surface area contributed by atoms with E-state index in [1.165, 1.54) is 20.9 Å². The van der Waals surface area contributed by atoms with Crippen molar-refractivity contribution in [3.8, 4) is 0 Å². The van der Waals surface area contributed by atoms with Gasteiger partial charge in [-0.25, -0.2) is 4.68 Å². The number of carbonyl (C=O) groups excluding carboxylic acids is 1. The molecule has 3 aromatic rings. The zero-order chi connectivity index (χ0) is 20.1. The van der Waals surface area contributed by atoms with Crippen LogP contribution in [0.2, 0.25) is 0 Å². The molecule has 29 heavy (non-hydrogen) atoms. The number of hydrogen-bond donors (Lipinski definition) is 1. The van der Waals surface area contributed by atoms with Crippen molar-refractivity contribution in [2.75, 3.05) is 6.54 Å². The maximum atomic E-state index is 12.1. The fraction of sp³-hybridized carbons (Fsp3) is 0.429. The highest BCUT2D eigenvalue weighted by Gasteiger charge is 2.18. The number of fused-ring (bicyclic) bond motifs is 1. The van der Waals surface area contributed by atoms with Crippen LogP contribution in [0.4, 0.5) is 0 Å². The van der Waals surface area contributed by atoms with Crippen LogP contribution in [0.1, 0.15) is 39.5 Å². The van der Waals surface area contributed by atoms with Crippen LogP contribution in [0, 0.1) is 6.92 Å². The summed E-state index contributed by atoms with van der Waals surface area (Å²) < 4.78 is 1.83. The monoisotopic (exact) mass is 410 g/mol. The van der Waals surface area contributed by atoms with Gasteiger partial charge in [-0.1, -0.05) is 24.3 Å². The number of nitrogens with one attached hydrogen (secondary N) is 1. The molecule has 7 nitrogen and oxygen atoms in total. The Morgan fingerprint density at radius 3 is 2.90 bits per heavy atom. The van der Waals surface area contributed by atoms with E-state index in [1.54, 1.807) is 11.3 Å². The van der Waals surface area contributed by atoms with Crippen molar-refractivity contribution in [1.82, 2.24) is 30.4 Å². The third kappa shape index (κ3) is 5.27. The summed E-state index contributed by atoms with van der Waals surface area (Å²) in [6.07, 6.45) is 2.25. The van der Waals surface area contributed by atoms with Gasteiger partial charge in [-0.3, -0.25) is 9.69 Å². The van der Waals surface area contributed by atoms with Gasteiger partial charge in [0.05, 0.1) is 13.1 Å². The van der Waals surface area contributed by atoms with Crippen molar-refractivity contribution in [3.05, 3.63) is 63.1 Å². The van der Waals surface area contributed by atoms with Crippen LogP contribution in [-0.2, 0) is 37.4 Å². The Balaban J connectivity index is 1.23. The normalized spacial score (nSPS) is 14.0. The molecular formula is C21H26N6OS. The summed E-state index contributed by atoms with van der Waals surface area (Å²) >= 11 is 1.72. The number of nitrogens with zero attached hydrogens (tertiary/aromatic N) is 5. The average Bonchev–Trinajstić information content (AvgIpc) is 3.35. The minimum atomic E-state index is 0.0679. The summed E-state index contributed by atoms with van der Waals surface area (Å²) in [7, 11) is 0. The van der Waals surface area contributed by atoms with E-state index >= 15 is 0 Å². The fourth-order valence-corrected chi connectivity index (χ4v) is 4.47. The second-order valence-electron chi connectivity index (χ2n) is 7.44. The molecule has 0 unspecified atom stereocenters. The van der Waals surface area contributed by atoms with Gasteiger partial charge < -0.3 is 5.32 Å². The Kier molecular flexibility index (Phi) is 6.31. The summed E-state index contributed by atoms with van der Waals surface area (Å²) in [5, 5.41) is 15.2. The summed E-state index contributed by atoms with van der Waals surface area (Å²) in [6.45, 7) is 5.98. The van der Waals surface area contributed by atoms with E-state index in [9.17, 15) is 4.79 Å². The van der Waals surface area contributed by atoms with Crippen molar-refractivity contribution in [3.63, 3.8) is 0 Å². The minimum absolute atomic E-state index is 0.0679. The molecule has 0 aliphatic carbocycles. The van der Waals surface area contributed by atoms with Crippen molar-refractivity contribution >= 4 is 17.2 Å². The second kappa shape index (κ2) is 9.28. The molecule has 0 fully saturated rings. The lowest BCUT2D eigenvalue weighted by Crippen LogP contribution is -2.31. The fourth-order valence-electron chi connectivity index (χ4n) is 3.64. The Morgan fingerprint density at radius 2 is 2.07 bits per heavy atom.